The number of carbonyl (C=O) groups excluding carboxylic acids is 2. The first-order valence-electron chi connectivity index (χ1n) is 11.3. The minimum absolute atomic E-state index is 0.251. The number of nitrogens with one attached hydrogen (secondary N) is 2. The van der Waals surface area contributed by atoms with Gasteiger partial charge >= 0.3 is 0 Å². The Bertz CT molecular complexity index is 1050. The van der Waals surface area contributed by atoms with Crippen molar-refractivity contribution in [1.82, 2.24) is 10.6 Å². The lowest BCUT2D eigenvalue weighted by Crippen LogP contribution is -2.70. The van der Waals surface area contributed by atoms with Crippen LogP contribution in [0.15, 0.2) is 42.5 Å². The van der Waals surface area contributed by atoms with Crippen LogP contribution in [0.2, 0.25) is 0 Å². The fraction of sp³-hybridized carbons (Fsp3) is 0.440. The van der Waals surface area contributed by atoms with E-state index in [0.717, 1.165) is 0 Å². The molecular weight excluding hydrogens is 446 g/mol. The van der Waals surface area contributed by atoms with Crippen LogP contribution in [0.1, 0.15) is 37.7 Å². The van der Waals surface area contributed by atoms with Crippen molar-refractivity contribution in [3.63, 3.8) is 0 Å². The van der Waals surface area contributed by atoms with Crippen molar-refractivity contribution in [1.29, 1.82) is 0 Å². The summed E-state index contributed by atoms with van der Waals surface area (Å²) in [6.07, 6.45) is 1.65. The average Bonchev–Trinajstić information content (AvgIpc) is 2.81. The first kappa shape index (κ1) is 23.9. The summed E-state index contributed by atoms with van der Waals surface area (Å²) in [5.41, 5.74) is -0.854. The van der Waals surface area contributed by atoms with Gasteiger partial charge in [0, 0.05) is 11.6 Å². The van der Waals surface area contributed by atoms with E-state index in [1.807, 2.05) is 0 Å². The van der Waals surface area contributed by atoms with E-state index in [1.165, 1.54) is 30.3 Å². The Morgan fingerprint density at radius 3 is 2.15 bits per heavy atom. The number of hydrogen-bond donors (Lipinski definition) is 3. The van der Waals surface area contributed by atoms with Gasteiger partial charge in [0.1, 0.15) is 23.1 Å². The molecule has 0 radical (unpaired) electrons. The van der Waals surface area contributed by atoms with Gasteiger partial charge in [0.05, 0.1) is 11.6 Å². The van der Waals surface area contributed by atoms with Gasteiger partial charge < -0.3 is 25.2 Å². The number of hydrogen-bond acceptors (Lipinski definition) is 5. The molecule has 3 N–H and O–H groups in total. The summed E-state index contributed by atoms with van der Waals surface area (Å²) in [4.78, 5) is 25.0. The molecule has 34 heavy (non-hydrogen) atoms. The summed E-state index contributed by atoms with van der Waals surface area (Å²) >= 11 is 0. The van der Waals surface area contributed by atoms with Gasteiger partial charge in [-0.25, -0.2) is 8.78 Å². The van der Waals surface area contributed by atoms with Gasteiger partial charge in [-0.15, -0.1) is 0 Å². The van der Waals surface area contributed by atoms with Crippen molar-refractivity contribution in [2.24, 2.45) is 0 Å². The lowest BCUT2D eigenvalue weighted by molar-refractivity contribution is -0.137. The molecule has 0 saturated heterocycles. The van der Waals surface area contributed by atoms with Gasteiger partial charge in [0.25, 0.3) is 11.8 Å². The fourth-order valence-electron chi connectivity index (χ4n) is 4.80. The monoisotopic (exact) mass is 474 g/mol. The summed E-state index contributed by atoms with van der Waals surface area (Å²) in [6, 6.07) is 9.79. The second-order valence-corrected chi connectivity index (χ2v) is 9.20. The summed E-state index contributed by atoms with van der Waals surface area (Å²) in [7, 11) is 0. The highest BCUT2D eigenvalue weighted by atomic mass is 19.1. The molecule has 3 aliphatic rings. The number of halogens is 2. The molecule has 2 bridgehead atoms. The molecule has 1 atom stereocenters. The van der Waals surface area contributed by atoms with Crippen LogP contribution in [0.3, 0.4) is 0 Å². The molecule has 0 spiro atoms. The highest BCUT2D eigenvalue weighted by Crippen LogP contribution is 2.47. The lowest BCUT2D eigenvalue weighted by Gasteiger charge is -2.56. The molecular formula is C25H28F2N2O5. The van der Waals surface area contributed by atoms with Gasteiger partial charge in [0.2, 0.25) is 0 Å². The third-order valence-electron chi connectivity index (χ3n) is 6.81. The number of fused-ring (bicyclic) bond motifs is 3. The van der Waals surface area contributed by atoms with Crippen LogP contribution < -0.4 is 20.1 Å². The molecule has 0 aromatic heterocycles. The zero-order valence-corrected chi connectivity index (χ0v) is 18.9. The van der Waals surface area contributed by atoms with E-state index in [-0.39, 0.29) is 30.8 Å². The molecule has 3 fully saturated rings. The van der Waals surface area contributed by atoms with Crippen molar-refractivity contribution in [2.75, 3.05) is 13.2 Å². The summed E-state index contributed by atoms with van der Waals surface area (Å²) in [5.74, 6) is -0.873. The van der Waals surface area contributed by atoms with Crippen LogP contribution in [-0.4, -0.2) is 47.3 Å². The Kier molecular flexibility index (Phi) is 6.74. The smallest absolute Gasteiger partial charge is 0.258 e. The Balaban J connectivity index is 1.27. The van der Waals surface area contributed by atoms with Crippen molar-refractivity contribution in [3.05, 3.63) is 59.7 Å². The van der Waals surface area contributed by atoms with Gasteiger partial charge in [-0.2, -0.15) is 0 Å². The Morgan fingerprint density at radius 2 is 1.53 bits per heavy atom. The molecule has 5 rings (SSSR count). The molecule has 3 saturated carbocycles. The van der Waals surface area contributed by atoms with Crippen molar-refractivity contribution in [3.8, 4) is 11.5 Å². The number of aryl methyl sites for hydroxylation is 1. The second-order valence-electron chi connectivity index (χ2n) is 9.20. The van der Waals surface area contributed by atoms with Gasteiger partial charge in [-0.3, -0.25) is 9.59 Å². The maximum atomic E-state index is 13.7. The minimum atomic E-state index is -0.836. The van der Waals surface area contributed by atoms with Crippen LogP contribution in [0, 0.1) is 18.6 Å². The molecule has 9 heteroatoms. The maximum absolute atomic E-state index is 13.7. The standard InChI is InChI=1S/C25H28F2N2O5/c1-16-2-5-19(12-20(16)27)34-14-22(31)28-24-8-10-25(11-9-24,21(30)13-24)29-23(32)15-33-18-6-3-17(26)4-7-18/h2-7,12,21,30H,8-11,13-15H2,1H3,(H,28,31)(H,29,32)/t21-,24?,25?/m1/s1. The number of aliphatic hydroxyl groups is 1. The molecule has 3 aliphatic carbocycles. The lowest BCUT2D eigenvalue weighted by atomic mass is 9.60. The van der Waals surface area contributed by atoms with E-state index < -0.39 is 28.8 Å². The maximum Gasteiger partial charge on any atom is 0.258 e. The third-order valence-corrected chi connectivity index (χ3v) is 6.81. The first-order valence-corrected chi connectivity index (χ1v) is 11.3. The molecule has 2 aromatic carbocycles. The van der Waals surface area contributed by atoms with Crippen LogP contribution in [0.25, 0.3) is 0 Å². The van der Waals surface area contributed by atoms with Gasteiger partial charge in [-0.05, 0) is 74.9 Å². The molecule has 0 heterocycles. The zero-order valence-electron chi connectivity index (χ0n) is 18.9. The normalized spacial score (nSPS) is 25.5. The summed E-state index contributed by atoms with van der Waals surface area (Å²) < 4.78 is 37.5. The van der Waals surface area contributed by atoms with Crippen molar-refractivity contribution < 1.29 is 33.0 Å². The third kappa shape index (κ3) is 5.30. The number of rotatable bonds is 8. The highest BCUT2D eigenvalue weighted by molar-refractivity contribution is 5.79. The van der Waals surface area contributed by atoms with Crippen LogP contribution in [0.4, 0.5) is 8.78 Å². The van der Waals surface area contributed by atoms with Crippen LogP contribution in [-0.2, 0) is 9.59 Å². The fourth-order valence-corrected chi connectivity index (χ4v) is 4.80. The molecule has 0 unspecified atom stereocenters. The molecule has 182 valence electrons. The van der Waals surface area contributed by atoms with E-state index in [2.05, 4.69) is 10.6 Å². The average molecular weight is 475 g/mol. The van der Waals surface area contributed by atoms with Crippen LogP contribution in [0.5, 0.6) is 11.5 Å². The predicted octanol–water partition coefficient (Wildman–Crippen LogP) is 2.78. The number of carbonyl (C=O) groups is 2. The zero-order chi connectivity index (χ0) is 24.3. The van der Waals surface area contributed by atoms with Gasteiger partial charge in [-0.1, -0.05) is 6.07 Å². The number of benzene rings is 2. The highest BCUT2D eigenvalue weighted by Gasteiger charge is 2.55. The Hall–Kier alpha value is -3.20. The molecule has 2 aromatic rings. The topological polar surface area (TPSA) is 96.9 Å². The van der Waals surface area contributed by atoms with E-state index in [4.69, 9.17) is 9.47 Å². The second kappa shape index (κ2) is 9.58. The molecule has 2 amide bonds. The van der Waals surface area contributed by atoms with Crippen molar-refractivity contribution >= 4 is 11.8 Å². The quantitative estimate of drug-likeness (QED) is 0.547. The van der Waals surface area contributed by atoms with Crippen LogP contribution >= 0.6 is 0 Å². The predicted molar refractivity (Wildman–Crippen MR) is 119 cm³/mol. The van der Waals surface area contributed by atoms with Crippen molar-refractivity contribution in [2.45, 2.75) is 56.2 Å². The minimum Gasteiger partial charge on any atom is -0.484 e. The number of ether oxygens (including phenoxy) is 2. The van der Waals surface area contributed by atoms with Gasteiger partial charge in [0.15, 0.2) is 13.2 Å². The number of amides is 2. The summed E-state index contributed by atoms with van der Waals surface area (Å²) in [6.45, 7) is 1.13. The Morgan fingerprint density at radius 1 is 0.941 bits per heavy atom. The van der Waals surface area contributed by atoms with E-state index in [1.54, 1.807) is 19.1 Å². The first-order chi connectivity index (χ1) is 16.2. The largest absolute Gasteiger partial charge is 0.484 e. The molecule has 7 nitrogen and oxygen atoms in total. The number of aliphatic hydroxyl groups excluding tert-OH is 1. The SMILES string of the molecule is Cc1ccc(OCC(=O)NC23CCC(NC(=O)COc4ccc(F)cc4)(CC2)[C@H](O)C3)cc1F. The van der Waals surface area contributed by atoms with E-state index >= 15 is 0 Å². The van der Waals surface area contributed by atoms with E-state index in [9.17, 15) is 23.5 Å². The summed E-state index contributed by atoms with van der Waals surface area (Å²) in [5, 5.41) is 16.7. The molecule has 0 aliphatic heterocycles. The van der Waals surface area contributed by atoms with E-state index in [0.29, 0.717) is 43.4 Å². The Labute approximate surface area is 196 Å².